The molecule has 0 saturated heterocycles. The molecule has 0 aromatic rings. The number of hydrogen-bond donors (Lipinski definition) is 2. The number of nitrogens with one attached hydrogen (secondary N) is 1. The summed E-state index contributed by atoms with van der Waals surface area (Å²) in [6.45, 7) is -0.157. The third-order valence-corrected chi connectivity index (χ3v) is 0.698. The van der Waals surface area contributed by atoms with Crippen molar-refractivity contribution >= 4 is 0 Å². The zero-order valence-corrected chi connectivity index (χ0v) is 4.09. The van der Waals surface area contributed by atoms with Crippen LogP contribution in [-0.4, -0.2) is 29.5 Å². The lowest BCUT2D eigenvalue weighted by Gasteiger charge is -2.00. The smallest absolute Gasteiger partial charge is 0.0599 e. The maximum atomic E-state index is 8.17. The molecule has 0 rings (SSSR count). The molecule has 3 nitrogen and oxygen atoms in total. The minimum atomic E-state index is -0.495. The molecule has 1 unspecified atom stereocenters. The maximum absolute atomic E-state index is 8.17. The highest BCUT2D eigenvalue weighted by atomic mass is 16.3. The highest BCUT2D eigenvalue weighted by Gasteiger charge is 1.96. The van der Waals surface area contributed by atoms with E-state index in [1.165, 1.54) is 0 Å². The summed E-state index contributed by atoms with van der Waals surface area (Å²) >= 11 is 0. The molecule has 0 spiro atoms. The Balaban J connectivity index is 2.83. The van der Waals surface area contributed by atoms with Crippen molar-refractivity contribution in [2.75, 3.05) is 13.2 Å². The monoisotopic (exact) mass is 104 g/mol. The summed E-state index contributed by atoms with van der Waals surface area (Å²) < 4.78 is 0. The van der Waals surface area contributed by atoms with Crippen molar-refractivity contribution in [2.24, 2.45) is 0 Å². The van der Waals surface area contributed by atoms with Crippen molar-refractivity contribution in [3.05, 3.63) is 0 Å². The molecule has 1 atom stereocenters. The standard InChI is InChI=1S/C4H10NO2/c5-4(3-7)1-2-6/h4-7H,1-3H2. The van der Waals surface area contributed by atoms with Gasteiger partial charge in [0.1, 0.15) is 0 Å². The van der Waals surface area contributed by atoms with E-state index in [9.17, 15) is 0 Å². The van der Waals surface area contributed by atoms with Crippen molar-refractivity contribution in [1.82, 2.24) is 5.73 Å². The summed E-state index contributed by atoms with van der Waals surface area (Å²) in [7, 11) is 0. The second kappa shape index (κ2) is 4.05. The molecule has 7 heavy (non-hydrogen) atoms. The SMILES string of the molecule is [NH]C(CO)CCO. The Bertz CT molecular complexity index is 40.7. The molecule has 0 aliphatic rings. The minimum Gasteiger partial charge on any atom is -0.396 e. The molecule has 3 heteroatoms. The van der Waals surface area contributed by atoms with Crippen molar-refractivity contribution in [2.45, 2.75) is 12.5 Å². The van der Waals surface area contributed by atoms with Crippen LogP contribution in [0.5, 0.6) is 0 Å². The third kappa shape index (κ3) is 3.72. The zero-order valence-electron chi connectivity index (χ0n) is 4.09. The molecule has 0 aromatic carbocycles. The number of aliphatic hydroxyl groups excluding tert-OH is 2. The fraction of sp³-hybridized carbons (Fsp3) is 1.00. The highest BCUT2D eigenvalue weighted by Crippen LogP contribution is 1.83. The van der Waals surface area contributed by atoms with Crippen molar-refractivity contribution < 1.29 is 10.2 Å². The van der Waals surface area contributed by atoms with Gasteiger partial charge in [0.2, 0.25) is 0 Å². The van der Waals surface area contributed by atoms with Crippen LogP contribution in [0, 0.1) is 0 Å². The van der Waals surface area contributed by atoms with Crippen LogP contribution in [0.15, 0.2) is 0 Å². The van der Waals surface area contributed by atoms with Gasteiger partial charge in [0.05, 0.1) is 6.61 Å². The summed E-state index contributed by atoms with van der Waals surface area (Å²) in [5.74, 6) is 0. The first kappa shape index (κ1) is 6.88. The molecule has 0 heterocycles. The number of aliphatic hydroxyl groups is 2. The topological polar surface area (TPSA) is 64.3 Å². The van der Waals surface area contributed by atoms with Gasteiger partial charge >= 0.3 is 0 Å². The summed E-state index contributed by atoms with van der Waals surface area (Å²) in [5, 5.41) is 16.3. The van der Waals surface area contributed by atoms with E-state index in [0.717, 1.165) is 0 Å². The normalized spacial score (nSPS) is 14.1. The molecule has 0 aliphatic heterocycles. The Morgan fingerprint density at radius 2 is 2.00 bits per heavy atom. The van der Waals surface area contributed by atoms with E-state index in [0.29, 0.717) is 6.42 Å². The average Bonchev–Trinajstić information content (AvgIpc) is 1.68. The summed E-state index contributed by atoms with van der Waals surface area (Å²) in [5.41, 5.74) is 6.81. The molecular formula is C4H10NO2. The van der Waals surface area contributed by atoms with Gasteiger partial charge in [-0.2, -0.15) is 0 Å². The first-order chi connectivity index (χ1) is 3.31. The van der Waals surface area contributed by atoms with Gasteiger partial charge in [-0.3, -0.25) is 5.73 Å². The number of rotatable bonds is 3. The first-order valence-electron chi connectivity index (χ1n) is 2.24. The summed E-state index contributed by atoms with van der Waals surface area (Å²) in [6, 6.07) is -0.495. The van der Waals surface area contributed by atoms with E-state index < -0.39 is 6.04 Å². The van der Waals surface area contributed by atoms with Gasteiger partial charge in [0, 0.05) is 12.6 Å². The van der Waals surface area contributed by atoms with Crippen LogP contribution < -0.4 is 5.73 Å². The Kier molecular flexibility index (Phi) is 3.98. The van der Waals surface area contributed by atoms with E-state index in [1.807, 2.05) is 0 Å². The van der Waals surface area contributed by atoms with Gasteiger partial charge in [-0.15, -0.1) is 0 Å². The highest BCUT2D eigenvalue weighted by molar-refractivity contribution is 4.54. The second-order valence-electron chi connectivity index (χ2n) is 1.39. The first-order valence-corrected chi connectivity index (χ1v) is 2.24. The van der Waals surface area contributed by atoms with Gasteiger partial charge in [-0.25, -0.2) is 0 Å². The predicted octanol–water partition coefficient (Wildman–Crippen LogP) is -0.987. The lowest BCUT2D eigenvalue weighted by molar-refractivity contribution is 0.218. The number of hydrogen-bond acceptors (Lipinski definition) is 2. The van der Waals surface area contributed by atoms with Crippen LogP contribution in [0.2, 0.25) is 0 Å². The van der Waals surface area contributed by atoms with Crippen LogP contribution in [0.4, 0.5) is 0 Å². The Morgan fingerprint density at radius 3 is 2.14 bits per heavy atom. The van der Waals surface area contributed by atoms with E-state index in [4.69, 9.17) is 15.9 Å². The van der Waals surface area contributed by atoms with Crippen LogP contribution in [-0.2, 0) is 0 Å². The van der Waals surface area contributed by atoms with Gasteiger partial charge in [0.15, 0.2) is 0 Å². The van der Waals surface area contributed by atoms with E-state index in [-0.39, 0.29) is 13.2 Å². The van der Waals surface area contributed by atoms with Gasteiger partial charge in [-0.1, -0.05) is 0 Å². The second-order valence-corrected chi connectivity index (χ2v) is 1.39. The molecule has 0 aliphatic carbocycles. The lowest BCUT2D eigenvalue weighted by atomic mass is 10.2. The third-order valence-electron chi connectivity index (χ3n) is 0.698. The van der Waals surface area contributed by atoms with Crippen LogP contribution in [0.25, 0.3) is 0 Å². The van der Waals surface area contributed by atoms with Crippen LogP contribution in [0.3, 0.4) is 0 Å². The van der Waals surface area contributed by atoms with Crippen LogP contribution in [0.1, 0.15) is 6.42 Å². The zero-order chi connectivity index (χ0) is 5.70. The lowest BCUT2D eigenvalue weighted by Crippen LogP contribution is -2.15. The Morgan fingerprint density at radius 1 is 1.43 bits per heavy atom. The molecule has 1 radical (unpaired) electrons. The Labute approximate surface area is 42.8 Å². The predicted molar refractivity (Wildman–Crippen MR) is 25.7 cm³/mol. The van der Waals surface area contributed by atoms with E-state index >= 15 is 0 Å². The maximum Gasteiger partial charge on any atom is 0.0599 e. The minimum absolute atomic E-state index is 0.00523. The molecule has 0 aromatic heterocycles. The summed E-state index contributed by atoms with van der Waals surface area (Å²) in [4.78, 5) is 0. The molecule has 43 valence electrons. The largest absolute Gasteiger partial charge is 0.396 e. The van der Waals surface area contributed by atoms with Gasteiger partial charge in [-0.05, 0) is 6.42 Å². The average molecular weight is 104 g/mol. The van der Waals surface area contributed by atoms with E-state index in [1.54, 1.807) is 0 Å². The molecule has 3 N–H and O–H groups in total. The fourth-order valence-electron chi connectivity index (χ4n) is 0.247. The molecular weight excluding hydrogens is 94.0 g/mol. The van der Waals surface area contributed by atoms with Crippen molar-refractivity contribution in [1.29, 1.82) is 0 Å². The molecule has 0 saturated carbocycles. The summed E-state index contributed by atoms with van der Waals surface area (Å²) in [6.07, 6.45) is 0.372. The van der Waals surface area contributed by atoms with Gasteiger partial charge < -0.3 is 10.2 Å². The molecule has 0 bridgehead atoms. The van der Waals surface area contributed by atoms with Crippen molar-refractivity contribution in [3.63, 3.8) is 0 Å². The molecule has 0 fully saturated rings. The van der Waals surface area contributed by atoms with Crippen LogP contribution >= 0.6 is 0 Å². The van der Waals surface area contributed by atoms with Crippen molar-refractivity contribution in [3.8, 4) is 0 Å². The quantitative estimate of drug-likeness (QED) is 0.483. The van der Waals surface area contributed by atoms with Gasteiger partial charge in [0.25, 0.3) is 0 Å². The fourth-order valence-corrected chi connectivity index (χ4v) is 0.247. The Hall–Kier alpha value is -0.120. The molecule has 0 amide bonds. The van der Waals surface area contributed by atoms with E-state index in [2.05, 4.69) is 0 Å².